The summed E-state index contributed by atoms with van der Waals surface area (Å²) in [5, 5.41) is 12.8. The third kappa shape index (κ3) is 4.63. The molecular weight excluding hydrogens is 456 g/mol. The summed E-state index contributed by atoms with van der Waals surface area (Å²) >= 11 is 8.97. The Morgan fingerprint density at radius 2 is 2.13 bits per heavy atom. The average Bonchev–Trinajstić information content (AvgIpc) is 3.38. The summed E-state index contributed by atoms with van der Waals surface area (Å²) in [5.74, 6) is -0.495. The van der Waals surface area contributed by atoms with Gasteiger partial charge in [-0.15, -0.1) is 21.5 Å². The fourth-order valence-electron chi connectivity index (χ4n) is 3.50. The number of ether oxygens (including phenoxy) is 1. The minimum atomic E-state index is -0.404. The molecule has 162 valence electrons. The van der Waals surface area contributed by atoms with Gasteiger partial charge in [0.25, 0.3) is 0 Å². The lowest BCUT2D eigenvalue weighted by Gasteiger charge is -2.11. The van der Waals surface area contributed by atoms with Crippen molar-refractivity contribution >= 4 is 51.6 Å². The second-order valence-electron chi connectivity index (χ2n) is 7.16. The molecular formula is C21H21ClN4O3S2. The highest BCUT2D eigenvalue weighted by Crippen LogP contribution is 2.38. The van der Waals surface area contributed by atoms with Crippen molar-refractivity contribution in [2.75, 3.05) is 18.2 Å². The Balaban J connectivity index is 1.48. The topological polar surface area (TPSA) is 86.1 Å². The van der Waals surface area contributed by atoms with Crippen molar-refractivity contribution in [1.29, 1.82) is 0 Å². The summed E-state index contributed by atoms with van der Waals surface area (Å²) in [6, 6.07) is 5.68. The smallest absolute Gasteiger partial charge is 0.341 e. The standard InChI is InChI=1S/C21H21ClN4O3S2/c1-12-7-8-13(9-15(12)22)26-11-23-25-21(26)30-10-17(27)24-19-18(20(28)29-2)14-5-3-4-6-16(14)31-19/h7-9,11H,3-6,10H2,1-2H3,(H,24,27). The molecule has 7 nitrogen and oxygen atoms in total. The number of carbonyl (C=O) groups is 2. The van der Waals surface area contributed by atoms with Crippen LogP contribution in [-0.4, -0.2) is 39.5 Å². The number of thiophene rings is 1. The van der Waals surface area contributed by atoms with Crippen molar-refractivity contribution in [2.45, 2.75) is 37.8 Å². The number of benzene rings is 1. The number of nitrogens with one attached hydrogen (secondary N) is 1. The molecule has 2 aromatic heterocycles. The van der Waals surface area contributed by atoms with Crippen LogP contribution in [0.3, 0.4) is 0 Å². The van der Waals surface area contributed by atoms with E-state index in [1.807, 2.05) is 25.1 Å². The van der Waals surface area contributed by atoms with Crippen molar-refractivity contribution in [2.24, 2.45) is 0 Å². The maximum atomic E-state index is 12.7. The van der Waals surface area contributed by atoms with E-state index in [-0.39, 0.29) is 11.7 Å². The van der Waals surface area contributed by atoms with Gasteiger partial charge in [-0.2, -0.15) is 0 Å². The highest BCUT2D eigenvalue weighted by molar-refractivity contribution is 7.99. The number of carbonyl (C=O) groups excluding carboxylic acids is 2. The molecule has 0 fully saturated rings. The predicted molar refractivity (Wildman–Crippen MR) is 123 cm³/mol. The summed E-state index contributed by atoms with van der Waals surface area (Å²) in [7, 11) is 1.36. The lowest BCUT2D eigenvalue weighted by molar-refractivity contribution is -0.113. The van der Waals surface area contributed by atoms with Gasteiger partial charge >= 0.3 is 5.97 Å². The zero-order valence-electron chi connectivity index (χ0n) is 17.1. The van der Waals surface area contributed by atoms with Gasteiger partial charge in [-0.3, -0.25) is 9.36 Å². The van der Waals surface area contributed by atoms with Crippen LogP contribution < -0.4 is 5.32 Å². The van der Waals surface area contributed by atoms with Crippen LogP contribution in [0, 0.1) is 6.92 Å². The number of hydrogen-bond donors (Lipinski definition) is 1. The molecule has 1 amide bonds. The van der Waals surface area contributed by atoms with E-state index in [9.17, 15) is 9.59 Å². The molecule has 0 saturated carbocycles. The number of fused-ring (bicyclic) bond motifs is 1. The van der Waals surface area contributed by atoms with Crippen molar-refractivity contribution in [3.05, 3.63) is 51.1 Å². The van der Waals surface area contributed by atoms with Gasteiger partial charge in [0.15, 0.2) is 5.16 Å². The minimum Gasteiger partial charge on any atom is -0.465 e. The first kappa shape index (κ1) is 21.9. The molecule has 0 bridgehead atoms. The highest BCUT2D eigenvalue weighted by atomic mass is 35.5. The summed E-state index contributed by atoms with van der Waals surface area (Å²) < 4.78 is 6.75. The third-order valence-electron chi connectivity index (χ3n) is 5.10. The Hall–Kier alpha value is -2.36. The quantitative estimate of drug-likeness (QED) is 0.410. The SMILES string of the molecule is COC(=O)c1c(NC(=O)CSc2nncn2-c2ccc(C)c(Cl)c2)sc2c1CCCC2. The molecule has 0 radical (unpaired) electrons. The van der Waals surface area contributed by atoms with E-state index in [4.69, 9.17) is 16.3 Å². The molecule has 1 N–H and O–H groups in total. The van der Waals surface area contributed by atoms with Crippen LogP contribution in [0.15, 0.2) is 29.7 Å². The first-order chi connectivity index (χ1) is 15.0. The molecule has 4 rings (SSSR count). The van der Waals surface area contributed by atoms with E-state index in [1.165, 1.54) is 30.2 Å². The molecule has 0 atom stereocenters. The van der Waals surface area contributed by atoms with E-state index < -0.39 is 5.97 Å². The van der Waals surface area contributed by atoms with E-state index in [0.717, 1.165) is 47.4 Å². The van der Waals surface area contributed by atoms with Crippen molar-refractivity contribution in [1.82, 2.24) is 14.8 Å². The average molecular weight is 477 g/mol. The molecule has 0 aliphatic heterocycles. The number of esters is 1. The molecule has 31 heavy (non-hydrogen) atoms. The molecule has 1 aliphatic rings. The number of nitrogens with zero attached hydrogens (tertiary/aromatic N) is 3. The number of aryl methyl sites for hydroxylation is 2. The molecule has 2 heterocycles. The van der Waals surface area contributed by atoms with Gasteiger partial charge in [-0.1, -0.05) is 29.4 Å². The third-order valence-corrected chi connectivity index (χ3v) is 7.65. The lowest BCUT2D eigenvalue weighted by Crippen LogP contribution is -2.17. The minimum absolute atomic E-state index is 0.126. The van der Waals surface area contributed by atoms with Crippen LogP contribution in [0.1, 0.15) is 39.2 Å². The zero-order chi connectivity index (χ0) is 22.0. The summed E-state index contributed by atoms with van der Waals surface area (Å²) in [5.41, 5.74) is 3.31. The van der Waals surface area contributed by atoms with Gasteiger partial charge in [-0.05, 0) is 55.9 Å². The van der Waals surface area contributed by atoms with E-state index in [1.54, 1.807) is 10.9 Å². The normalized spacial score (nSPS) is 13.0. The fraction of sp³-hybridized carbons (Fsp3) is 0.333. The largest absolute Gasteiger partial charge is 0.465 e. The Morgan fingerprint density at radius 3 is 2.90 bits per heavy atom. The molecule has 0 unspecified atom stereocenters. The number of halogens is 1. The summed E-state index contributed by atoms with van der Waals surface area (Å²) in [4.78, 5) is 26.2. The Morgan fingerprint density at radius 1 is 1.32 bits per heavy atom. The molecule has 1 aliphatic carbocycles. The van der Waals surface area contributed by atoms with Crippen LogP contribution >= 0.6 is 34.7 Å². The van der Waals surface area contributed by atoms with E-state index in [2.05, 4.69) is 15.5 Å². The molecule has 10 heteroatoms. The number of amides is 1. The molecule has 0 saturated heterocycles. The van der Waals surface area contributed by atoms with Crippen LogP contribution in [0.5, 0.6) is 0 Å². The lowest BCUT2D eigenvalue weighted by atomic mass is 9.95. The Bertz CT molecular complexity index is 1140. The van der Waals surface area contributed by atoms with Crippen LogP contribution in [0.4, 0.5) is 5.00 Å². The number of rotatable bonds is 6. The van der Waals surface area contributed by atoms with Gasteiger partial charge in [0, 0.05) is 9.90 Å². The number of aromatic nitrogens is 3. The van der Waals surface area contributed by atoms with Crippen molar-refractivity contribution in [3.8, 4) is 5.69 Å². The zero-order valence-corrected chi connectivity index (χ0v) is 19.5. The fourth-order valence-corrected chi connectivity index (χ4v) is 5.69. The van der Waals surface area contributed by atoms with Gasteiger partial charge in [0.1, 0.15) is 11.3 Å². The van der Waals surface area contributed by atoms with Gasteiger partial charge < -0.3 is 10.1 Å². The number of hydrogen-bond acceptors (Lipinski definition) is 7. The monoisotopic (exact) mass is 476 g/mol. The Kier molecular flexibility index (Phi) is 6.64. The molecule has 3 aromatic rings. The molecule has 0 spiro atoms. The molecule has 1 aromatic carbocycles. The highest BCUT2D eigenvalue weighted by Gasteiger charge is 2.27. The Labute approximate surface area is 193 Å². The van der Waals surface area contributed by atoms with Crippen LogP contribution in [-0.2, 0) is 22.4 Å². The van der Waals surface area contributed by atoms with E-state index >= 15 is 0 Å². The van der Waals surface area contributed by atoms with Gasteiger partial charge in [0.2, 0.25) is 5.91 Å². The first-order valence-corrected chi connectivity index (χ1v) is 12.0. The van der Waals surface area contributed by atoms with Gasteiger partial charge in [-0.25, -0.2) is 4.79 Å². The number of methoxy groups -OCH3 is 1. The second-order valence-corrected chi connectivity index (χ2v) is 9.62. The maximum absolute atomic E-state index is 12.7. The number of thioether (sulfide) groups is 1. The summed E-state index contributed by atoms with van der Waals surface area (Å²) in [6.45, 7) is 1.93. The first-order valence-electron chi connectivity index (χ1n) is 9.80. The van der Waals surface area contributed by atoms with Crippen molar-refractivity contribution < 1.29 is 14.3 Å². The van der Waals surface area contributed by atoms with Crippen LogP contribution in [0.2, 0.25) is 5.02 Å². The van der Waals surface area contributed by atoms with Gasteiger partial charge in [0.05, 0.1) is 24.1 Å². The maximum Gasteiger partial charge on any atom is 0.341 e. The second kappa shape index (κ2) is 9.42. The van der Waals surface area contributed by atoms with Crippen molar-refractivity contribution in [3.63, 3.8) is 0 Å². The van der Waals surface area contributed by atoms with Crippen LogP contribution in [0.25, 0.3) is 5.69 Å². The number of anilines is 1. The van der Waals surface area contributed by atoms with E-state index in [0.29, 0.717) is 20.7 Å². The predicted octanol–water partition coefficient (Wildman–Crippen LogP) is 4.69. The summed E-state index contributed by atoms with van der Waals surface area (Å²) in [6.07, 6.45) is 5.48.